The summed E-state index contributed by atoms with van der Waals surface area (Å²) in [6.07, 6.45) is 0.975. The molecule has 0 aliphatic heterocycles. The molecule has 0 bridgehead atoms. The molecule has 1 aromatic carbocycles. The molecule has 0 radical (unpaired) electrons. The van der Waals surface area contributed by atoms with Gasteiger partial charge in [-0.2, -0.15) is 5.26 Å². The Morgan fingerprint density at radius 1 is 1.32 bits per heavy atom. The van der Waals surface area contributed by atoms with Gasteiger partial charge in [0, 0.05) is 13.5 Å². The van der Waals surface area contributed by atoms with Crippen molar-refractivity contribution in [2.45, 2.75) is 12.8 Å². The molecule has 1 amide bonds. The third-order valence-corrected chi connectivity index (χ3v) is 2.81. The zero-order chi connectivity index (χ0) is 14.3. The van der Waals surface area contributed by atoms with Crippen LogP contribution in [0.15, 0.2) is 18.2 Å². The first-order valence-electron chi connectivity index (χ1n) is 5.94. The van der Waals surface area contributed by atoms with E-state index in [4.69, 9.17) is 14.7 Å². The lowest BCUT2D eigenvalue weighted by Crippen LogP contribution is -2.27. The van der Waals surface area contributed by atoms with E-state index in [0.717, 1.165) is 5.56 Å². The summed E-state index contributed by atoms with van der Waals surface area (Å²) in [6, 6.07) is 7.52. The van der Waals surface area contributed by atoms with E-state index >= 15 is 0 Å². The number of carbonyl (C=O) groups excluding carboxylic acids is 1. The number of amides is 1. The Balaban J connectivity index is 2.63. The van der Waals surface area contributed by atoms with Gasteiger partial charge in [0.15, 0.2) is 11.5 Å². The number of nitriles is 1. The Morgan fingerprint density at radius 2 is 2.00 bits per heavy atom. The first-order valence-corrected chi connectivity index (χ1v) is 5.94. The number of hydrogen-bond donors (Lipinski definition) is 0. The Hall–Kier alpha value is -2.22. The highest BCUT2D eigenvalue weighted by Gasteiger charge is 2.10. The van der Waals surface area contributed by atoms with E-state index in [1.54, 1.807) is 21.3 Å². The Labute approximate surface area is 113 Å². The predicted octanol–water partition coefficient (Wildman–Crippen LogP) is 1.62. The second-order valence-electron chi connectivity index (χ2n) is 4.10. The van der Waals surface area contributed by atoms with Crippen molar-refractivity contribution in [3.63, 3.8) is 0 Å². The minimum Gasteiger partial charge on any atom is -0.493 e. The van der Waals surface area contributed by atoms with Crippen LogP contribution in [0.2, 0.25) is 0 Å². The molecule has 102 valence electrons. The third kappa shape index (κ3) is 4.18. The zero-order valence-corrected chi connectivity index (χ0v) is 11.5. The number of carbonyl (C=O) groups is 1. The minimum absolute atomic E-state index is 0.0451. The van der Waals surface area contributed by atoms with Crippen molar-refractivity contribution in [1.29, 1.82) is 5.26 Å². The Morgan fingerprint density at radius 3 is 2.58 bits per heavy atom. The summed E-state index contributed by atoms with van der Waals surface area (Å²) in [5.41, 5.74) is 0.997. The van der Waals surface area contributed by atoms with Gasteiger partial charge >= 0.3 is 0 Å². The number of rotatable bonds is 6. The van der Waals surface area contributed by atoms with Gasteiger partial charge in [-0.1, -0.05) is 6.07 Å². The van der Waals surface area contributed by atoms with Crippen molar-refractivity contribution in [2.24, 2.45) is 0 Å². The fourth-order valence-electron chi connectivity index (χ4n) is 1.67. The molecule has 0 atom stereocenters. The van der Waals surface area contributed by atoms with Gasteiger partial charge in [0.05, 0.1) is 20.3 Å². The summed E-state index contributed by atoms with van der Waals surface area (Å²) in [5, 5.41) is 8.52. The number of hydrogen-bond acceptors (Lipinski definition) is 4. The molecule has 19 heavy (non-hydrogen) atoms. The average Bonchev–Trinajstić information content (AvgIpc) is 2.44. The molecule has 0 aliphatic rings. The lowest BCUT2D eigenvalue weighted by molar-refractivity contribution is -0.129. The van der Waals surface area contributed by atoms with Gasteiger partial charge in [-0.3, -0.25) is 4.79 Å². The standard InChI is InChI=1S/C14H18N2O3/c1-16(9-8-15)14(17)7-5-11-4-6-12(18-2)13(10-11)19-3/h4,6,10H,5,7,9H2,1-3H3. The van der Waals surface area contributed by atoms with Crippen molar-refractivity contribution in [1.82, 2.24) is 4.90 Å². The van der Waals surface area contributed by atoms with Crippen molar-refractivity contribution < 1.29 is 14.3 Å². The van der Waals surface area contributed by atoms with E-state index in [0.29, 0.717) is 24.3 Å². The molecule has 5 heteroatoms. The first-order chi connectivity index (χ1) is 9.12. The summed E-state index contributed by atoms with van der Waals surface area (Å²) < 4.78 is 10.4. The van der Waals surface area contributed by atoms with Gasteiger partial charge in [0.2, 0.25) is 5.91 Å². The van der Waals surface area contributed by atoms with Crippen LogP contribution in [0.5, 0.6) is 11.5 Å². The molecule has 0 aliphatic carbocycles. The maximum absolute atomic E-state index is 11.7. The molecule has 0 N–H and O–H groups in total. The number of methoxy groups -OCH3 is 2. The first kappa shape index (κ1) is 14.8. The molecule has 1 aromatic rings. The second kappa shape index (κ2) is 7.27. The Bertz CT molecular complexity index is 480. The van der Waals surface area contributed by atoms with Crippen LogP contribution in [-0.4, -0.2) is 38.6 Å². The van der Waals surface area contributed by atoms with Crippen LogP contribution in [0.1, 0.15) is 12.0 Å². The van der Waals surface area contributed by atoms with E-state index in [2.05, 4.69) is 0 Å². The Kier molecular flexibility index (Phi) is 5.68. The van der Waals surface area contributed by atoms with E-state index < -0.39 is 0 Å². The van der Waals surface area contributed by atoms with Crippen LogP contribution < -0.4 is 9.47 Å². The fraction of sp³-hybridized carbons (Fsp3) is 0.429. The zero-order valence-electron chi connectivity index (χ0n) is 11.5. The van der Waals surface area contributed by atoms with Crippen LogP contribution in [0.3, 0.4) is 0 Å². The van der Waals surface area contributed by atoms with Crippen molar-refractivity contribution in [3.05, 3.63) is 23.8 Å². The number of benzene rings is 1. The van der Waals surface area contributed by atoms with E-state index in [-0.39, 0.29) is 12.5 Å². The van der Waals surface area contributed by atoms with Crippen LogP contribution in [0, 0.1) is 11.3 Å². The van der Waals surface area contributed by atoms with Gasteiger partial charge in [-0.05, 0) is 24.1 Å². The second-order valence-corrected chi connectivity index (χ2v) is 4.10. The third-order valence-electron chi connectivity index (χ3n) is 2.81. The van der Waals surface area contributed by atoms with Gasteiger partial charge in [0.1, 0.15) is 6.54 Å². The fourth-order valence-corrected chi connectivity index (χ4v) is 1.67. The molecule has 0 heterocycles. The highest BCUT2D eigenvalue weighted by molar-refractivity contribution is 5.76. The molecule has 1 rings (SSSR count). The summed E-state index contributed by atoms with van der Waals surface area (Å²) >= 11 is 0. The maximum atomic E-state index is 11.7. The smallest absolute Gasteiger partial charge is 0.223 e. The minimum atomic E-state index is -0.0451. The monoisotopic (exact) mass is 262 g/mol. The largest absolute Gasteiger partial charge is 0.493 e. The number of aryl methyl sites for hydroxylation is 1. The lowest BCUT2D eigenvalue weighted by Gasteiger charge is -2.13. The molecule has 0 unspecified atom stereocenters. The van der Waals surface area contributed by atoms with Crippen LogP contribution in [0.4, 0.5) is 0 Å². The van der Waals surface area contributed by atoms with E-state index in [1.807, 2.05) is 24.3 Å². The van der Waals surface area contributed by atoms with Gasteiger partial charge in [-0.25, -0.2) is 0 Å². The van der Waals surface area contributed by atoms with Crippen LogP contribution in [0.25, 0.3) is 0 Å². The molecular formula is C14H18N2O3. The topological polar surface area (TPSA) is 62.6 Å². The predicted molar refractivity (Wildman–Crippen MR) is 71.1 cm³/mol. The lowest BCUT2D eigenvalue weighted by atomic mass is 10.1. The maximum Gasteiger partial charge on any atom is 0.223 e. The van der Waals surface area contributed by atoms with E-state index in [9.17, 15) is 4.79 Å². The van der Waals surface area contributed by atoms with Crippen molar-refractivity contribution in [2.75, 3.05) is 27.8 Å². The SMILES string of the molecule is COc1ccc(CCC(=O)N(C)CC#N)cc1OC. The molecule has 0 aromatic heterocycles. The van der Waals surface area contributed by atoms with Gasteiger partial charge in [-0.15, -0.1) is 0 Å². The molecule has 0 spiro atoms. The van der Waals surface area contributed by atoms with Crippen molar-refractivity contribution in [3.8, 4) is 17.6 Å². The normalized spacial score (nSPS) is 9.58. The quantitative estimate of drug-likeness (QED) is 0.731. The van der Waals surface area contributed by atoms with Crippen LogP contribution >= 0.6 is 0 Å². The molecule has 5 nitrogen and oxygen atoms in total. The highest BCUT2D eigenvalue weighted by Crippen LogP contribution is 2.27. The summed E-state index contributed by atoms with van der Waals surface area (Å²) in [4.78, 5) is 13.1. The molecule has 0 fully saturated rings. The molecule has 0 saturated heterocycles. The number of nitrogens with zero attached hydrogens (tertiary/aromatic N) is 2. The van der Waals surface area contributed by atoms with Crippen LogP contribution in [-0.2, 0) is 11.2 Å². The van der Waals surface area contributed by atoms with E-state index in [1.165, 1.54) is 4.90 Å². The van der Waals surface area contributed by atoms with Crippen molar-refractivity contribution >= 4 is 5.91 Å². The molecular weight excluding hydrogens is 244 g/mol. The average molecular weight is 262 g/mol. The molecule has 0 saturated carbocycles. The highest BCUT2D eigenvalue weighted by atomic mass is 16.5. The summed E-state index contributed by atoms with van der Waals surface area (Å²) in [6.45, 7) is 0.116. The van der Waals surface area contributed by atoms with Gasteiger partial charge < -0.3 is 14.4 Å². The summed E-state index contributed by atoms with van der Waals surface area (Å²) in [7, 11) is 4.78. The van der Waals surface area contributed by atoms with Gasteiger partial charge in [0.25, 0.3) is 0 Å². The number of ether oxygens (including phenoxy) is 2. The summed E-state index contributed by atoms with van der Waals surface area (Å²) in [5.74, 6) is 1.27.